The van der Waals surface area contributed by atoms with Crippen LogP contribution in [0.15, 0.2) is 24.3 Å². The SMILES string of the molecule is CC1CCN(CCNC(C)c2nc3ccccc3s2)CC1. The minimum Gasteiger partial charge on any atom is -0.307 e. The van der Waals surface area contributed by atoms with Gasteiger partial charge in [0, 0.05) is 13.1 Å². The van der Waals surface area contributed by atoms with Crippen LogP contribution in [0.25, 0.3) is 10.2 Å². The van der Waals surface area contributed by atoms with Crippen LogP contribution in [-0.2, 0) is 0 Å². The Labute approximate surface area is 131 Å². The first-order valence-corrected chi connectivity index (χ1v) is 8.85. The highest BCUT2D eigenvalue weighted by Gasteiger charge is 2.16. The van der Waals surface area contributed by atoms with Crippen molar-refractivity contribution in [3.8, 4) is 0 Å². The number of likely N-dealkylation sites (tertiary alicyclic amines) is 1. The number of rotatable bonds is 5. The lowest BCUT2D eigenvalue weighted by atomic mass is 9.99. The fraction of sp³-hybridized carbons (Fsp3) is 0.588. The number of thiazole rings is 1. The molecule has 4 heteroatoms. The fourth-order valence-corrected chi connectivity index (χ4v) is 3.88. The van der Waals surface area contributed by atoms with Crippen LogP contribution in [0.5, 0.6) is 0 Å². The van der Waals surface area contributed by atoms with Crippen LogP contribution in [0.2, 0.25) is 0 Å². The molecule has 0 radical (unpaired) electrons. The van der Waals surface area contributed by atoms with Gasteiger partial charge in [0.25, 0.3) is 0 Å². The van der Waals surface area contributed by atoms with Crippen LogP contribution in [0.1, 0.15) is 37.7 Å². The Morgan fingerprint density at radius 3 is 2.86 bits per heavy atom. The highest BCUT2D eigenvalue weighted by molar-refractivity contribution is 7.18. The molecular formula is C17H25N3S. The highest BCUT2D eigenvalue weighted by atomic mass is 32.1. The van der Waals surface area contributed by atoms with Crippen molar-refractivity contribution in [2.45, 2.75) is 32.7 Å². The lowest BCUT2D eigenvalue weighted by molar-refractivity contribution is 0.191. The molecule has 2 aromatic rings. The number of hydrogen-bond donors (Lipinski definition) is 1. The van der Waals surface area contributed by atoms with Crippen molar-refractivity contribution < 1.29 is 0 Å². The van der Waals surface area contributed by atoms with Gasteiger partial charge in [-0.1, -0.05) is 19.1 Å². The zero-order valence-corrected chi connectivity index (χ0v) is 13.8. The van der Waals surface area contributed by atoms with E-state index in [-0.39, 0.29) is 0 Å². The lowest BCUT2D eigenvalue weighted by Crippen LogP contribution is -2.38. The summed E-state index contributed by atoms with van der Waals surface area (Å²) in [6.45, 7) is 9.31. The second-order valence-electron chi connectivity index (χ2n) is 6.22. The van der Waals surface area contributed by atoms with Gasteiger partial charge < -0.3 is 10.2 Å². The van der Waals surface area contributed by atoms with Crippen molar-refractivity contribution in [1.29, 1.82) is 0 Å². The number of para-hydroxylation sites is 1. The summed E-state index contributed by atoms with van der Waals surface area (Å²) in [7, 11) is 0. The van der Waals surface area contributed by atoms with E-state index in [1.165, 1.54) is 35.6 Å². The molecule has 1 aliphatic heterocycles. The molecule has 2 heterocycles. The maximum Gasteiger partial charge on any atom is 0.111 e. The molecule has 1 fully saturated rings. The van der Waals surface area contributed by atoms with Gasteiger partial charge in [-0.2, -0.15) is 0 Å². The molecule has 1 saturated heterocycles. The summed E-state index contributed by atoms with van der Waals surface area (Å²) in [6.07, 6.45) is 2.71. The van der Waals surface area contributed by atoms with Crippen molar-refractivity contribution in [1.82, 2.24) is 15.2 Å². The Hall–Kier alpha value is -0.970. The Bertz CT molecular complexity index is 539. The molecule has 1 aromatic carbocycles. The van der Waals surface area contributed by atoms with E-state index >= 15 is 0 Å². The molecule has 0 bridgehead atoms. The number of nitrogens with one attached hydrogen (secondary N) is 1. The minimum atomic E-state index is 0.339. The van der Waals surface area contributed by atoms with Gasteiger partial charge in [-0.3, -0.25) is 0 Å². The topological polar surface area (TPSA) is 28.2 Å². The first-order valence-electron chi connectivity index (χ1n) is 8.03. The van der Waals surface area contributed by atoms with Crippen LogP contribution >= 0.6 is 11.3 Å². The third-order valence-electron chi connectivity index (χ3n) is 4.44. The van der Waals surface area contributed by atoms with Gasteiger partial charge in [-0.05, 0) is 50.9 Å². The summed E-state index contributed by atoms with van der Waals surface area (Å²) in [5, 5.41) is 4.82. The second kappa shape index (κ2) is 6.86. The number of benzene rings is 1. The van der Waals surface area contributed by atoms with Crippen molar-refractivity contribution in [3.05, 3.63) is 29.3 Å². The molecule has 1 N–H and O–H groups in total. The average molecular weight is 303 g/mol. The molecule has 114 valence electrons. The number of piperidine rings is 1. The van der Waals surface area contributed by atoms with Gasteiger partial charge >= 0.3 is 0 Å². The van der Waals surface area contributed by atoms with E-state index in [1.54, 1.807) is 11.3 Å². The van der Waals surface area contributed by atoms with Crippen LogP contribution in [0.4, 0.5) is 0 Å². The van der Waals surface area contributed by atoms with Crippen molar-refractivity contribution in [2.75, 3.05) is 26.2 Å². The molecule has 1 aromatic heterocycles. The average Bonchev–Trinajstić information content (AvgIpc) is 2.93. The summed E-state index contributed by atoms with van der Waals surface area (Å²) in [4.78, 5) is 7.31. The molecule has 21 heavy (non-hydrogen) atoms. The van der Waals surface area contributed by atoms with Crippen molar-refractivity contribution >= 4 is 21.6 Å². The van der Waals surface area contributed by atoms with Crippen molar-refractivity contribution in [3.63, 3.8) is 0 Å². The van der Waals surface area contributed by atoms with Gasteiger partial charge in [0.15, 0.2) is 0 Å². The summed E-state index contributed by atoms with van der Waals surface area (Å²) in [5.41, 5.74) is 1.12. The molecule has 3 rings (SSSR count). The van der Waals surface area contributed by atoms with Gasteiger partial charge in [-0.15, -0.1) is 11.3 Å². The predicted molar refractivity (Wildman–Crippen MR) is 90.9 cm³/mol. The number of hydrogen-bond acceptors (Lipinski definition) is 4. The Kier molecular flexibility index (Phi) is 4.88. The van der Waals surface area contributed by atoms with Gasteiger partial charge in [-0.25, -0.2) is 4.98 Å². The van der Waals surface area contributed by atoms with E-state index in [9.17, 15) is 0 Å². The molecule has 0 saturated carbocycles. The first kappa shape index (κ1) is 14.9. The Morgan fingerprint density at radius 2 is 2.10 bits per heavy atom. The lowest BCUT2D eigenvalue weighted by Gasteiger charge is -2.30. The maximum absolute atomic E-state index is 4.73. The zero-order chi connectivity index (χ0) is 14.7. The normalized spacial score (nSPS) is 19.1. The monoisotopic (exact) mass is 303 g/mol. The van der Waals surface area contributed by atoms with Crippen LogP contribution in [0.3, 0.4) is 0 Å². The Balaban J connectivity index is 1.48. The van der Waals surface area contributed by atoms with E-state index in [2.05, 4.69) is 48.3 Å². The molecule has 1 unspecified atom stereocenters. The van der Waals surface area contributed by atoms with E-state index < -0.39 is 0 Å². The van der Waals surface area contributed by atoms with Gasteiger partial charge in [0.2, 0.25) is 0 Å². The highest BCUT2D eigenvalue weighted by Crippen LogP contribution is 2.25. The number of aromatic nitrogens is 1. The number of nitrogens with zero attached hydrogens (tertiary/aromatic N) is 2. The van der Waals surface area contributed by atoms with E-state index in [4.69, 9.17) is 4.98 Å². The number of fused-ring (bicyclic) bond motifs is 1. The summed E-state index contributed by atoms with van der Waals surface area (Å²) in [5.74, 6) is 0.913. The molecular weight excluding hydrogens is 278 g/mol. The van der Waals surface area contributed by atoms with Gasteiger partial charge in [0.1, 0.15) is 5.01 Å². The third kappa shape index (κ3) is 3.82. The summed E-state index contributed by atoms with van der Waals surface area (Å²) < 4.78 is 1.28. The molecule has 3 nitrogen and oxygen atoms in total. The van der Waals surface area contributed by atoms with Crippen LogP contribution in [-0.4, -0.2) is 36.1 Å². The largest absolute Gasteiger partial charge is 0.307 e. The molecule has 0 spiro atoms. The van der Waals surface area contributed by atoms with E-state index in [0.29, 0.717) is 6.04 Å². The van der Waals surface area contributed by atoms with E-state index in [0.717, 1.165) is 24.5 Å². The quantitative estimate of drug-likeness (QED) is 0.913. The van der Waals surface area contributed by atoms with Gasteiger partial charge in [0.05, 0.1) is 16.3 Å². The van der Waals surface area contributed by atoms with Crippen molar-refractivity contribution in [2.24, 2.45) is 5.92 Å². The Morgan fingerprint density at radius 1 is 1.33 bits per heavy atom. The first-order chi connectivity index (χ1) is 10.2. The maximum atomic E-state index is 4.73. The molecule has 1 atom stereocenters. The second-order valence-corrected chi connectivity index (χ2v) is 7.28. The third-order valence-corrected chi connectivity index (χ3v) is 5.65. The molecule has 0 aliphatic carbocycles. The zero-order valence-electron chi connectivity index (χ0n) is 13.0. The minimum absolute atomic E-state index is 0.339. The van der Waals surface area contributed by atoms with Crippen LogP contribution in [0, 0.1) is 5.92 Å². The van der Waals surface area contributed by atoms with E-state index in [1.807, 2.05) is 0 Å². The molecule has 1 aliphatic rings. The summed E-state index contributed by atoms with van der Waals surface area (Å²) >= 11 is 1.80. The fourth-order valence-electron chi connectivity index (χ4n) is 2.89. The standard InChI is InChI=1S/C17H25N3S/c1-13-7-10-20(11-8-13)12-9-18-14(2)17-19-15-5-3-4-6-16(15)21-17/h3-6,13-14,18H,7-12H2,1-2H3. The summed E-state index contributed by atoms with van der Waals surface area (Å²) in [6, 6.07) is 8.72. The van der Waals surface area contributed by atoms with Crippen LogP contribution < -0.4 is 5.32 Å². The predicted octanol–water partition coefficient (Wildman–Crippen LogP) is 3.68. The smallest absolute Gasteiger partial charge is 0.111 e. The molecule has 0 amide bonds.